The molecule has 3 heterocycles. The number of fused-ring (bicyclic) bond motifs is 2. The predicted octanol–water partition coefficient (Wildman–Crippen LogP) is 3.03. The molecule has 30 heavy (non-hydrogen) atoms. The van der Waals surface area contributed by atoms with Crippen LogP contribution in [0.1, 0.15) is 23.2 Å². The van der Waals surface area contributed by atoms with E-state index in [-0.39, 0.29) is 12.0 Å². The number of hydrogen-bond acceptors (Lipinski definition) is 5. The van der Waals surface area contributed by atoms with Crippen LogP contribution in [0.4, 0.5) is 0 Å². The topological polar surface area (TPSA) is 74.6 Å². The number of benzene rings is 2. The van der Waals surface area contributed by atoms with Gasteiger partial charge in [0, 0.05) is 36.9 Å². The van der Waals surface area contributed by atoms with Crippen molar-refractivity contribution in [3.05, 3.63) is 54.2 Å². The monoisotopic (exact) mass is 407 g/mol. The van der Waals surface area contributed by atoms with Gasteiger partial charge in [0.1, 0.15) is 6.61 Å². The predicted molar refractivity (Wildman–Crippen MR) is 112 cm³/mol. The Kier molecular flexibility index (Phi) is 5.27. The average molecular weight is 407 g/mol. The summed E-state index contributed by atoms with van der Waals surface area (Å²) in [6, 6.07) is 13.3. The molecular weight excluding hydrogens is 382 g/mol. The first kappa shape index (κ1) is 18.9. The third-order valence-electron chi connectivity index (χ3n) is 5.66. The van der Waals surface area contributed by atoms with Crippen LogP contribution >= 0.6 is 0 Å². The highest BCUT2D eigenvalue weighted by molar-refractivity contribution is 5.97. The van der Waals surface area contributed by atoms with Crippen molar-refractivity contribution in [3.63, 3.8) is 0 Å². The molecule has 1 aromatic heterocycles. The number of aromatic nitrogens is 2. The van der Waals surface area contributed by atoms with Gasteiger partial charge in [0.2, 0.25) is 0 Å². The number of carbonyl (C=O) groups excluding carboxylic acids is 1. The number of carbonyl (C=O) groups is 1. The molecule has 5 rings (SSSR count). The normalized spacial score (nSPS) is 19.0. The number of nitrogens with zero attached hydrogens (tertiary/aromatic N) is 2. The Labute approximate surface area is 174 Å². The molecule has 3 aromatic rings. The number of para-hydroxylation sites is 2. The minimum absolute atomic E-state index is 0.0447. The largest absolute Gasteiger partial charge is 0.486 e. The van der Waals surface area contributed by atoms with E-state index in [1.807, 2.05) is 53.3 Å². The highest BCUT2D eigenvalue weighted by atomic mass is 16.6. The van der Waals surface area contributed by atoms with Crippen molar-refractivity contribution in [2.24, 2.45) is 5.92 Å². The maximum absolute atomic E-state index is 12.6. The van der Waals surface area contributed by atoms with E-state index in [0.29, 0.717) is 31.2 Å². The van der Waals surface area contributed by atoms with Crippen LogP contribution in [0.3, 0.4) is 0 Å². The Morgan fingerprint density at radius 3 is 2.83 bits per heavy atom. The molecule has 1 saturated heterocycles. The zero-order valence-corrected chi connectivity index (χ0v) is 16.8. The number of rotatable bonds is 5. The lowest BCUT2D eigenvalue weighted by atomic mass is 10.0. The zero-order valence-electron chi connectivity index (χ0n) is 16.8. The first-order chi connectivity index (χ1) is 14.7. The van der Waals surface area contributed by atoms with Gasteiger partial charge in [-0.15, -0.1) is 0 Å². The number of amides is 1. The molecule has 1 unspecified atom stereocenters. The fraction of sp³-hybridized carbons (Fsp3) is 0.391. The van der Waals surface area contributed by atoms with Crippen LogP contribution in [0, 0.1) is 5.92 Å². The molecule has 2 aliphatic heterocycles. The lowest BCUT2D eigenvalue weighted by Crippen LogP contribution is -2.33. The van der Waals surface area contributed by atoms with E-state index >= 15 is 0 Å². The van der Waals surface area contributed by atoms with Gasteiger partial charge in [-0.05, 0) is 49.1 Å². The maximum atomic E-state index is 12.6. The van der Waals surface area contributed by atoms with E-state index in [1.165, 1.54) is 0 Å². The molecule has 0 aliphatic carbocycles. The van der Waals surface area contributed by atoms with Gasteiger partial charge in [0.05, 0.1) is 12.1 Å². The van der Waals surface area contributed by atoms with Crippen LogP contribution in [0.2, 0.25) is 0 Å². The lowest BCUT2D eigenvalue weighted by Gasteiger charge is -2.26. The van der Waals surface area contributed by atoms with Gasteiger partial charge in [-0.25, -0.2) is 0 Å². The highest BCUT2D eigenvalue weighted by Gasteiger charge is 2.21. The molecule has 0 spiro atoms. The van der Waals surface area contributed by atoms with Crippen molar-refractivity contribution in [2.45, 2.75) is 25.5 Å². The minimum Gasteiger partial charge on any atom is -0.486 e. The smallest absolute Gasteiger partial charge is 0.251 e. The molecular formula is C23H25N3O4. The third-order valence-corrected chi connectivity index (χ3v) is 5.66. The van der Waals surface area contributed by atoms with Crippen LogP contribution in [-0.4, -0.2) is 48.2 Å². The molecule has 156 valence electrons. The summed E-state index contributed by atoms with van der Waals surface area (Å²) < 4.78 is 19.0. The molecule has 1 fully saturated rings. The molecule has 2 aliphatic rings. The van der Waals surface area contributed by atoms with Gasteiger partial charge in [-0.1, -0.05) is 12.1 Å². The molecule has 7 heteroatoms. The van der Waals surface area contributed by atoms with E-state index in [4.69, 9.17) is 14.2 Å². The van der Waals surface area contributed by atoms with Crippen molar-refractivity contribution in [1.29, 1.82) is 0 Å². The first-order valence-electron chi connectivity index (χ1n) is 10.5. The summed E-state index contributed by atoms with van der Waals surface area (Å²) in [6.45, 7) is 3.32. The first-order valence-corrected chi connectivity index (χ1v) is 10.5. The third kappa shape index (κ3) is 4.11. The van der Waals surface area contributed by atoms with Crippen LogP contribution in [0.5, 0.6) is 11.5 Å². The minimum atomic E-state index is -0.114. The van der Waals surface area contributed by atoms with E-state index in [2.05, 4.69) is 10.4 Å². The van der Waals surface area contributed by atoms with Gasteiger partial charge >= 0.3 is 0 Å². The SMILES string of the molecule is O=C(NCC1CCOCC1)c1ccc2nn(CC3COc4ccccc4O3)cc2c1. The Hall–Kier alpha value is -3.06. The molecule has 0 bridgehead atoms. The quantitative estimate of drug-likeness (QED) is 0.704. The van der Waals surface area contributed by atoms with Crippen molar-refractivity contribution in [3.8, 4) is 11.5 Å². The molecule has 7 nitrogen and oxygen atoms in total. The summed E-state index contributed by atoms with van der Waals surface area (Å²) in [5.41, 5.74) is 1.51. The summed E-state index contributed by atoms with van der Waals surface area (Å²) >= 11 is 0. The van der Waals surface area contributed by atoms with E-state index in [9.17, 15) is 4.79 Å². The maximum Gasteiger partial charge on any atom is 0.251 e. The fourth-order valence-electron chi connectivity index (χ4n) is 3.96. The van der Waals surface area contributed by atoms with Crippen LogP contribution in [0.25, 0.3) is 10.9 Å². The second-order valence-corrected chi connectivity index (χ2v) is 7.89. The molecule has 0 saturated carbocycles. The van der Waals surface area contributed by atoms with Gasteiger partial charge in [-0.3, -0.25) is 9.48 Å². The summed E-state index contributed by atoms with van der Waals surface area (Å²) in [5.74, 6) is 1.98. The van der Waals surface area contributed by atoms with Crippen molar-refractivity contribution >= 4 is 16.8 Å². The van der Waals surface area contributed by atoms with Gasteiger partial charge in [0.15, 0.2) is 17.6 Å². The number of nitrogens with one attached hydrogen (secondary N) is 1. The summed E-state index contributed by atoms with van der Waals surface area (Å²) in [6.07, 6.45) is 3.85. The van der Waals surface area contributed by atoms with E-state index in [0.717, 1.165) is 48.5 Å². The summed E-state index contributed by atoms with van der Waals surface area (Å²) in [4.78, 5) is 12.6. The molecule has 1 amide bonds. The zero-order chi connectivity index (χ0) is 20.3. The summed E-state index contributed by atoms with van der Waals surface area (Å²) in [5, 5.41) is 8.61. The van der Waals surface area contributed by atoms with Gasteiger partial charge < -0.3 is 19.5 Å². The Balaban J connectivity index is 1.23. The second kappa shape index (κ2) is 8.36. The molecule has 1 N–H and O–H groups in total. The van der Waals surface area contributed by atoms with Crippen molar-refractivity contribution in [1.82, 2.24) is 15.1 Å². The van der Waals surface area contributed by atoms with Crippen LogP contribution < -0.4 is 14.8 Å². The Morgan fingerprint density at radius 2 is 1.97 bits per heavy atom. The summed E-state index contributed by atoms with van der Waals surface area (Å²) in [7, 11) is 0. The van der Waals surface area contributed by atoms with Crippen molar-refractivity contribution < 1.29 is 19.0 Å². The average Bonchev–Trinajstić information content (AvgIpc) is 3.19. The van der Waals surface area contributed by atoms with Crippen LogP contribution in [0.15, 0.2) is 48.7 Å². The van der Waals surface area contributed by atoms with E-state index < -0.39 is 0 Å². The second-order valence-electron chi connectivity index (χ2n) is 7.89. The molecule has 1 atom stereocenters. The van der Waals surface area contributed by atoms with Crippen molar-refractivity contribution in [2.75, 3.05) is 26.4 Å². The lowest BCUT2D eigenvalue weighted by molar-refractivity contribution is 0.0643. The Morgan fingerprint density at radius 1 is 1.13 bits per heavy atom. The Bertz CT molecular complexity index is 1040. The number of ether oxygens (including phenoxy) is 3. The highest BCUT2D eigenvalue weighted by Crippen LogP contribution is 2.31. The van der Waals surface area contributed by atoms with Gasteiger partial charge in [-0.2, -0.15) is 5.10 Å². The standard InChI is InChI=1S/C23H25N3O4/c27-23(24-12-16-7-9-28-10-8-16)17-5-6-20-18(11-17)13-26(25-20)14-19-15-29-21-3-1-2-4-22(21)30-19/h1-6,11,13,16,19H,7-10,12,14-15H2,(H,24,27). The molecule has 0 radical (unpaired) electrons. The molecule has 2 aromatic carbocycles. The fourth-order valence-corrected chi connectivity index (χ4v) is 3.96. The van der Waals surface area contributed by atoms with Crippen LogP contribution in [-0.2, 0) is 11.3 Å². The van der Waals surface area contributed by atoms with E-state index in [1.54, 1.807) is 0 Å². The number of hydrogen-bond donors (Lipinski definition) is 1. The van der Waals surface area contributed by atoms with Gasteiger partial charge in [0.25, 0.3) is 5.91 Å².